The van der Waals surface area contributed by atoms with Gasteiger partial charge in [0.1, 0.15) is 0 Å². The fourth-order valence-electron chi connectivity index (χ4n) is 2.59. The van der Waals surface area contributed by atoms with E-state index < -0.39 is 11.6 Å². The molecule has 5 nitrogen and oxygen atoms in total. The molecule has 0 saturated heterocycles. The number of rotatable bonds is 2. The van der Waals surface area contributed by atoms with E-state index in [2.05, 4.69) is 31.5 Å². The van der Waals surface area contributed by atoms with Crippen LogP contribution in [0.1, 0.15) is 57.5 Å². The van der Waals surface area contributed by atoms with Crippen molar-refractivity contribution in [2.75, 3.05) is 5.32 Å². The SMILES string of the molecule is CC(C)(C)c1ccc(NC(=O)NN(C(=O)c2cccc(Cl)c2)C(C)(C)C)cc1. The van der Waals surface area contributed by atoms with Crippen molar-refractivity contribution < 1.29 is 9.59 Å². The number of amides is 3. The van der Waals surface area contributed by atoms with Crippen molar-refractivity contribution in [3.05, 3.63) is 64.7 Å². The average molecular weight is 402 g/mol. The van der Waals surface area contributed by atoms with Gasteiger partial charge in [-0.25, -0.2) is 15.2 Å². The fraction of sp³-hybridized carbons (Fsp3) is 0.364. The lowest BCUT2D eigenvalue weighted by atomic mass is 9.87. The van der Waals surface area contributed by atoms with E-state index >= 15 is 0 Å². The van der Waals surface area contributed by atoms with E-state index in [1.54, 1.807) is 24.3 Å². The molecule has 0 fully saturated rings. The molecule has 2 aromatic carbocycles. The number of hydrogen-bond donors (Lipinski definition) is 2. The summed E-state index contributed by atoms with van der Waals surface area (Å²) in [6.45, 7) is 11.9. The van der Waals surface area contributed by atoms with Gasteiger partial charge in [-0.05, 0) is 62.1 Å². The Morgan fingerprint density at radius 1 is 0.929 bits per heavy atom. The molecule has 2 N–H and O–H groups in total. The molecular formula is C22H28ClN3O2. The number of carbonyl (C=O) groups is 2. The topological polar surface area (TPSA) is 61.4 Å². The molecule has 0 unspecified atom stereocenters. The van der Waals surface area contributed by atoms with Gasteiger partial charge < -0.3 is 5.32 Å². The molecule has 6 heteroatoms. The van der Waals surface area contributed by atoms with Crippen LogP contribution >= 0.6 is 11.6 Å². The predicted octanol–water partition coefficient (Wildman–Crippen LogP) is 5.61. The summed E-state index contributed by atoms with van der Waals surface area (Å²) in [7, 11) is 0. The Balaban J connectivity index is 2.14. The minimum atomic E-state index is -0.632. The Hall–Kier alpha value is -2.53. The summed E-state index contributed by atoms with van der Waals surface area (Å²) in [6, 6.07) is 13.8. The first-order chi connectivity index (χ1) is 12.9. The zero-order valence-electron chi connectivity index (χ0n) is 17.3. The van der Waals surface area contributed by atoms with Crippen molar-refractivity contribution >= 4 is 29.2 Å². The van der Waals surface area contributed by atoms with Crippen molar-refractivity contribution in [2.24, 2.45) is 0 Å². The van der Waals surface area contributed by atoms with E-state index in [0.29, 0.717) is 16.3 Å². The van der Waals surface area contributed by atoms with Crippen LogP contribution in [0.25, 0.3) is 0 Å². The molecule has 0 aliphatic carbocycles. The summed E-state index contributed by atoms with van der Waals surface area (Å²) in [6.07, 6.45) is 0. The number of nitrogens with zero attached hydrogens (tertiary/aromatic N) is 1. The number of hydrogen-bond acceptors (Lipinski definition) is 2. The van der Waals surface area contributed by atoms with Gasteiger partial charge in [0.2, 0.25) is 0 Å². The van der Waals surface area contributed by atoms with Gasteiger partial charge in [-0.3, -0.25) is 4.79 Å². The van der Waals surface area contributed by atoms with Gasteiger partial charge in [0, 0.05) is 16.3 Å². The molecule has 150 valence electrons. The lowest BCUT2D eigenvalue weighted by molar-refractivity contribution is 0.0460. The molecule has 2 aromatic rings. The van der Waals surface area contributed by atoms with Crippen molar-refractivity contribution in [3.8, 4) is 0 Å². The first-order valence-corrected chi connectivity index (χ1v) is 9.54. The molecule has 3 amide bonds. The maximum atomic E-state index is 12.9. The summed E-state index contributed by atoms with van der Waals surface area (Å²) in [5, 5.41) is 4.54. The Bertz CT molecular complexity index is 849. The molecule has 0 heterocycles. The Kier molecular flexibility index (Phi) is 6.40. The molecule has 0 atom stereocenters. The average Bonchev–Trinajstić information content (AvgIpc) is 2.58. The molecule has 0 aliphatic heterocycles. The third-order valence-corrected chi connectivity index (χ3v) is 4.40. The van der Waals surface area contributed by atoms with Crippen LogP contribution in [0.5, 0.6) is 0 Å². The van der Waals surface area contributed by atoms with Crippen LogP contribution in [0.15, 0.2) is 48.5 Å². The fourth-order valence-corrected chi connectivity index (χ4v) is 2.78. The zero-order valence-corrected chi connectivity index (χ0v) is 18.0. The second-order valence-electron chi connectivity index (χ2n) is 8.72. The van der Waals surface area contributed by atoms with Crippen molar-refractivity contribution in [1.82, 2.24) is 10.4 Å². The Labute approximate surface area is 172 Å². The number of anilines is 1. The standard InChI is InChI=1S/C22H28ClN3O2/c1-21(2,3)16-10-12-18(13-11-16)24-20(28)25-26(22(4,5)6)19(27)15-8-7-9-17(23)14-15/h7-14H,1-6H3,(H2,24,25,28). The van der Waals surface area contributed by atoms with Gasteiger partial charge in [-0.15, -0.1) is 0 Å². The van der Waals surface area contributed by atoms with Crippen molar-refractivity contribution in [3.63, 3.8) is 0 Å². The Morgan fingerprint density at radius 2 is 1.54 bits per heavy atom. The van der Waals surface area contributed by atoms with E-state index in [1.165, 1.54) is 10.6 Å². The molecule has 28 heavy (non-hydrogen) atoms. The second kappa shape index (κ2) is 8.23. The lowest BCUT2D eigenvalue weighted by Gasteiger charge is -2.35. The van der Waals surface area contributed by atoms with E-state index in [1.807, 2.05) is 45.0 Å². The summed E-state index contributed by atoms with van der Waals surface area (Å²) >= 11 is 6.00. The van der Waals surface area contributed by atoms with Crippen LogP contribution in [-0.4, -0.2) is 22.5 Å². The van der Waals surface area contributed by atoms with Crippen molar-refractivity contribution in [2.45, 2.75) is 52.5 Å². The van der Waals surface area contributed by atoms with Crippen LogP contribution < -0.4 is 10.7 Å². The summed E-state index contributed by atoms with van der Waals surface area (Å²) in [5.41, 5.74) is 4.28. The second-order valence-corrected chi connectivity index (χ2v) is 9.15. The maximum absolute atomic E-state index is 12.9. The third-order valence-electron chi connectivity index (χ3n) is 4.17. The summed E-state index contributed by atoms with van der Waals surface area (Å²) in [4.78, 5) is 25.4. The highest BCUT2D eigenvalue weighted by molar-refractivity contribution is 6.31. The molecule has 0 saturated carbocycles. The highest BCUT2D eigenvalue weighted by Gasteiger charge is 2.29. The third kappa shape index (κ3) is 5.73. The van der Waals surface area contributed by atoms with E-state index in [4.69, 9.17) is 11.6 Å². The molecule has 2 rings (SSSR count). The summed E-state index contributed by atoms with van der Waals surface area (Å²) in [5.74, 6) is -0.340. The minimum Gasteiger partial charge on any atom is -0.307 e. The number of urea groups is 1. The molecule has 0 radical (unpaired) electrons. The minimum absolute atomic E-state index is 0.0349. The highest BCUT2D eigenvalue weighted by Crippen LogP contribution is 2.23. The first-order valence-electron chi connectivity index (χ1n) is 9.16. The smallest absolute Gasteiger partial charge is 0.307 e. The van der Waals surface area contributed by atoms with Gasteiger partial charge in [-0.2, -0.15) is 0 Å². The van der Waals surface area contributed by atoms with Gasteiger partial charge in [-0.1, -0.05) is 50.6 Å². The van der Waals surface area contributed by atoms with Crippen molar-refractivity contribution in [1.29, 1.82) is 0 Å². The molecule has 0 bridgehead atoms. The van der Waals surface area contributed by atoms with E-state index in [-0.39, 0.29) is 11.3 Å². The molecular weight excluding hydrogens is 374 g/mol. The lowest BCUT2D eigenvalue weighted by Crippen LogP contribution is -2.56. The predicted molar refractivity (Wildman–Crippen MR) is 115 cm³/mol. The summed E-state index contributed by atoms with van der Waals surface area (Å²) < 4.78 is 0. The van der Waals surface area contributed by atoms with Crippen LogP contribution in [0, 0.1) is 0 Å². The maximum Gasteiger partial charge on any atom is 0.338 e. The number of hydrazine groups is 1. The van der Waals surface area contributed by atoms with Crippen LogP contribution in [0.3, 0.4) is 0 Å². The highest BCUT2D eigenvalue weighted by atomic mass is 35.5. The quantitative estimate of drug-likeness (QED) is 0.642. The molecule has 0 spiro atoms. The normalized spacial score (nSPS) is 11.7. The van der Waals surface area contributed by atoms with Gasteiger partial charge in [0.25, 0.3) is 5.91 Å². The molecule has 0 aromatic heterocycles. The number of carbonyl (C=O) groups excluding carboxylic acids is 2. The van der Waals surface area contributed by atoms with Crippen LogP contribution in [0.2, 0.25) is 5.02 Å². The number of halogens is 1. The van der Waals surface area contributed by atoms with E-state index in [0.717, 1.165) is 0 Å². The molecule has 0 aliphatic rings. The first kappa shape index (κ1) is 21.8. The zero-order chi connectivity index (χ0) is 21.1. The van der Waals surface area contributed by atoms with Gasteiger partial charge >= 0.3 is 6.03 Å². The largest absolute Gasteiger partial charge is 0.338 e. The Morgan fingerprint density at radius 3 is 2.04 bits per heavy atom. The van der Waals surface area contributed by atoms with Gasteiger partial charge in [0.05, 0.1) is 5.54 Å². The number of nitrogens with one attached hydrogen (secondary N) is 2. The van der Waals surface area contributed by atoms with E-state index in [9.17, 15) is 9.59 Å². The monoisotopic (exact) mass is 401 g/mol. The van der Waals surface area contributed by atoms with Crippen LogP contribution in [-0.2, 0) is 5.41 Å². The van der Waals surface area contributed by atoms with Crippen LogP contribution in [0.4, 0.5) is 10.5 Å². The number of benzene rings is 2. The van der Waals surface area contributed by atoms with Gasteiger partial charge in [0.15, 0.2) is 0 Å².